The molecule has 0 atom stereocenters. The summed E-state index contributed by atoms with van der Waals surface area (Å²) in [5.41, 5.74) is 1.37. The highest BCUT2D eigenvalue weighted by Crippen LogP contribution is 2.18. The normalized spacial score (nSPS) is 10.5. The fourth-order valence-electron chi connectivity index (χ4n) is 2.40. The SMILES string of the molecule is CC(=O)c1cccc(OC(=O)CCCc2nnc(-c3ccccc3)o2)c1. The zero-order valence-electron chi connectivity index (χ0n) is 14.3. The summed E-state index contributed by atoms with van der Waals surface area (Å²) in [7, 11) is 0. The smallest absolute Gasteiger partial charge is 0.311 e. The van der Waals surface area contributed by atoms with Crippen LogP contribution in [-0.4, -0.2) is 21.9 Å². The number of ketones is 1. The summed E-state index contributed by atoms with van der Waals surface area (Å²) in [5, 5.41) is 8.01. The van der Waals surface area contributed by atoms with E-state index in [1.165, 1.54) is 6.92 Å². The highest BCUT2D eigenvalue weighted by molar-refractivity contribution is 5.94. The van der Waals surface area contributed by atoms with E-state index in [2.05, 4.69) is 10.2 Å². The second kappa shape index (κ2) is 8.20. The first-order valence-electron chi connectivity index (χ1n) is 8.31. The second-order valence-corrected chi connectivity index (χ2v) is 5.78. The fourth-order valence-corrected chi connectivity index (χ4v) is 2.40. The van der Waals surface area contributed by atoms with E-state index in [0.29, 0.717) is 35.9 Å². The minimum Gasteiger partial charge on any atom is -0.427 e. The van der Waals surface area contributed by atoms with Gasteiger partial charge in [0.1, 0.15) is 5.75 Å². The maximum atomic E-state index is 11.9. The summed E-state index contributed by atoms with van der Waals surface area (Å²) in [4.78, 5) is 23.3. The average molecular weight is 350 g/mol. The number of Topliss-reactive ketones (excluding diaryl/α,β-unsaturated/α-hetero) is 1. The van der Waals surface area contributed by atoms with Crippen molar-refractivity contribution >= 4 is 11.8 Å². The summed E-state index contributed by atoms with van der Waals surface area (Å²) in [6, 6.07) is 16.1. The van der Waals surface area contributed by atoms with Crippen LogP contribution in [0.4, 0.5) is 0 Å². The van der Waals surface area contributed by atoms with Crippen LogP contribution >= 0.6 is 0 Å². The lowest BCUT2D eigenvalue weighted by molar-refractivity contribution is -0.134. The van der Waals surface area contributed by atoms with Crippen molar-refractivity contribution in [2.75, 3.05) is 0 Å². The molecule has 0 unspecified atom stereocenters. The van der Waals surface area contributed by atoms with Gasteiger partial charge in [-0.05, 0) is 37.6 Å². The van der Waals surface area contributed by atoms with Crippen molar-refractivity contribution < 1.29 is 18.7 Å². The van der Waals surface area contributed by atoms with Gasteiger partial charge in [-0.1, -0.05) is 30.3 Å². The van der Waals surface area contributed by atoms with Gasteiger partial charge in [-0.3, -0.25) is 9.59 Å². The van der Waals surface area contributed by atoms with E-state index in [4.69, 9.17) is 9.15 Å². The van der Waals surface area contributed by atoms with Crippen LogP contribution in [0.3, 0.4) is 0 Å². The standard InChI is InChI=1S/C20H18N2O4/c1-14(23)16-9-5-10-17(13-16)25-19(24)12-6-11-18-21-22-20(26-18)15-7-3-2-4-8-15/h2-5,7-10,13H,6,11-12H2,1H3. The predicted molar refractivity (Wildman–Crippen MR) is 94.8 cm³/mol. The Kier molecular flexibility index (Phi) is 5.53. The lowest BCUT2D eigenvalue weighted by Gasteiger charge is -2.04. The van der Waals surface area contributed by atoms with Crippen molar-refractivity contribution in [1.29, 1.82) is 0 Å². The minimum atomic E-state index is -0.367. The van der Waals surface area contributed by atoms with Crippen molar-refractivity contribution in [3.8, 4) is 17.2 Å². The van der Waals surface area contributed by atoms with Gasteiger partial charge in [-0.15, -0.1) is 10.2 Å². The van der Waals surface area contributed by atoms with E-state index in [0.717, 1.165) is 5.56 Å². The third kappa shape index (κ3) is 4.63. The average Bonchev–Trinajstić information content (AvgIpc) is 3.11. The first kappa shape index (κ1) is 17.5. The molecule has 0 saturated heterocycles. The fraction of sp³-hybridized carbons (Fsp3) is 0.200. The topological polar surface area (TPSA) is 82.3 Å². The van der Waals surface area contributed by atoms with E-state index in [1.807, 2.05) is 30.3 Å². The molecule has 0 spiro atoms. The number of aromatic nitrogens is 2. The van der Waals surface area contributed by atoms with Crippen LogP contribution in [0.2, 0.25) is 0 Å². The molecule has 0 radical (unpaired) electrons. The van der Waals surface area contributed by atoms with Crippen LogP contribution in [0.25, 0.3) is 11.5 Å². The number of ether oxygens (including phenoxy) is 1. The number of esters is 1. The van der Waals surface area contributed by atoms with Crippen molar-refractivity contribution in [3.63, 3.8) is 0 Å². The maximum absolute atomic E-state index is 11.9. The zero-order valence-corrected chi connectivity index (χ0v) is 14.3. The van der Waals surface area contributed by atoms with Gasteiger partial charge in [0.15, 0.2) is 5.78 Å². The molecule has 0 fully saturated rings. The van der Waals surface area contributed by atoms with Gasteiger partial charge in [-0.2, -0.15) is 0 Å². The molecule has 6 heteroatoms. The Bertz CT molecular complexity index is 903. The molecule has 0 aliphatic rings. The molecule has 0 aliphatic carbocycles. The molecule has 0 bridgehead atoms. The molecule has 0 N–H and O–H groups in total. The van der Waals surface area contributed by atoms with Gasteiger partial charge in [0, 0.05) is 24.0 Å². The predicted octanol–water partition coefficient (Wildman–Crippen LogP) is 3.87. The van der Waals surface area contributed by atoms with Crippen LogP contribution in [0.15, 0.2) is 59.0 Å². The van der Waals surface area contributed by atoms with E-state index < -0.39 is 0 Å². The van der Waals surface area contributed by atoms with Gasteiger partial charge >= 0.3 is 5.97 Å². The number of benzene rings is 2. The van der Waals surface area contributed by atoms with Crippen molar-refractivity contribution in [2.45, 2.75) is 26.2 Å². The molecule has 1 aromatic heterocycles. The van der Waals surface area contributed by atoms with Gasteiger partial charge in [0.05, 0.1) is 0 Å². The quantitative estimate of drug-likeness (QED) is 0.365. The molecular weight excluding hydrogens is 332 g/mol. The lowest BCUT2D eigenvalue weighted by atomic mass is 10.1. The van der Waals surface area contributed by atoms with Gasteiger partial charge in [0.2, 0.25) is 11.8 Å². The molecule has 0 aliphatic heterocycles. The lowest BCUT2D eigenvalue weighted by Crippen LogP contribution is -2.08. The van der Waals surface area contributed by atoms with E-state index in [1.54, 1.807) is 24.3 Å². The summed E-state index contributed by atoms with van der Waals surface area (Å²) >= 11 is 0. The van der Waals surface area contributed by atoms with Crippen LogP contribution < -0.4 is 4.74 Å². The third-order valence-corrected chi connectivity index (χ3v) is 3.73. The number of hydrogen-bond donors (Lipinski definition) is 0. The number of aryl methyl sites for hydroxylation is 1. The minimum absolute atomic E-state index is 0.0755. The number of carbonyl (C=O) groups is 2. The highest BCUT2D eigenvalue weighted by atomic mass is 16.5. The molecule has 132 valence electrons. The Hall–Kier alpha value is -3.28. The molecule has 2 aromatic carbocycles. The number of hydrogen-bond acceptors (Lipinski definition) is 6. The molecule has 0 saturated carbocycles. The maximum Gasteiger partial charge on any atom is 0.311 e. The molecule has 3 aromatic rings. The molecule has 0 amide bonds. The molecular formula is C20H18N2O4. The zero-order chi connectivity index (χ0) is 18.4. The monoisotopic (exact) mass is 350 g/mol. The third-order valence-electron chi connectivity index (χ3n) is 3.73. The highest BCUT2D eigenvalue weighted by Gasteiger charge is 2.11. The van der Waals surface area contributed by atoms with Crippen molar-refractivity contribution in [2.24, 2.45) is 0 Å². The molecule has 3 rings (SSSR count). The second-order valence-electron chi connectivity index (χ2n) is 5.78. The Morgan fingerprint density at radius 1 is 1.04 bits per heavy atom. The van der Waals surface area contributed by atoms with Crippen LogP contribution in [-0.2, 0) is 11.2 Å². The number of nitrogens with zero attached hydrogens (tertiary/aromatic N) is 2. The summed E-state index contributed by atoms with van der Waals surface area (Å²) in [5.74, 6) is 0.869. The molecule has 6 nitrogen and oxygen atoms in total. The summed E-state index contributed by atoms with van der Waals surface area (Å²) in [6.07, 6.45) is 1.23. The first-order valence-corrected chi connectivity index (χ1v) is 8.31. The molecule has 1 heterocycles. The van der Waals surface area contributed by atoms with Crippen LogP contribution in [0.5, 0.6) is 5.75 Å². The van der Waals surface area contributed by atoms with E-state index in [9.17, 15) is 9.59 Å². The number of carbonyl (C=O) groups excluding carboxylic acids is 2. The Labute approximate surface area is 150 Å². The van der Waals surface area contributed by atoms with Crippen LogP contribution in [0, 0.1) is 0 Å². The summed E-state index contributed by atoms with van der Waals surface area (Å²) < 4.78 is 10.9. The summed E-state index contributed by atoms with van der Waals surface area (Å²) in [6.45, 7) is 1.47. The Morgan fingerprint density at radius 3 is 2.62 bits per heavy atom. The largest absolute Gasteiger partial charge is 0.427 e. The Balaban J connectivity index is 1.49. The molecule has 26 heavy (non-hydrogen) atoms. The van der Waals surface area contributed by atoms with Gasteiger partial charge < -0.3 is 9.15 Å². The van der Waals surface area contributed by atoms with E-state index in [-0.39, 0.29) is 18.2 Å². The van der Waals surface area contributed by atoms with Gasteiger partial charge in [0.25, 0.3) is 0 Å². The van der Waals surface area contributed by atoms with Crippen molar-refractivity contribution in [3.05, 3.63) is 66.1 Å². The number of rotatable bonds is 7. The van der Waals surface area contributed by atoms with E-state index >= 15 is 0 Å². The van der Waals surface area contributed by atoms with Crippen molar-refractivity contribution in [1.82, 2.24) is 10.2 Å². The van der Waals surface area contributed by atoms with Gasteiger partial charge in [-0.25, -0.2) is 0 Å². The first-order chi connectivity index (χ1) is 12.6. The Morgan fingerprint density at radius 2 is 1.85 bits per heavy atom. The van der Waals surface area contributed by atoms with Crippen LogP contribution in [0.1, 0.15) is 36.0 Å².